The van der Waals surface area contributed by atoms with Gasteiger partial charge in [0.05, 0.1) is 26.0 Å². The SMILES string of the molecule is COC(=O)/C=C(/Nc1ccccc1S)C(=O)OC. The molecule has 96 valence electrons. The first-order chi connectivity index (χ1) is 8.58. The summed E-state index contributed by atoms with van der Waals surface area (Å²) < 4.78 is 9.03. The second kappa shape index (κ2) is 6.70. The lowest BCUT2D eigenvalue weighted by molar-refractivity contribution is -0.138. The zero-order valence-corrected chi connectivity index (χ0v) is 10.9. The van der Waals surface area contributed by atoms with Crippen molar-refractivity contribution in [1.29, 1.82) is 0 Å². The molecule has 0 fully saturated rings. The number of thiol groups is 1. The van der Waals surface area contributed by atoms with Crippen molar-refractivity contribution >= 4 is 30.3 Å². The molecule has 0 spiro atoms. The zero-order chi connectivity index (χ0) is 13.5. The molecule has 0 aliphatic carbocycles. The largest absolute Gasteiger partial charge is 0.466 e. The Hall–Kier alpha value is -1.95. The number of methoxy groups -OCH3 is 2. The van der Waals surface area contributed by atoms with Gasteiger partial charge in [-0.1, -0.05) is 12.1 Å². The number of hydrogen-bond acceptors (Lipinski definition) is 6. The lowest BCUT2D eigenvalue weighted by atomic mass is 10.3. The number of carbonyl (C=O) groups excluding carboxylic acids is 2. The van der Waals surface area contributed by atoms with Crippen molar-refractivity contribution in [1.82, 2.24) is 0 Å². The summed E-state index contributed by atoms with van der Waals surface area (Å²) in [5.74, 6) is -1.32. The van der Waals surface area contributed by atoms with E-state index >= 15 is 0 Å². The van der Waals surface area contributed by atoms with Crippen LogP contribution in [0.1, 0.15) is 0 Å². The lowest BCUT2D eigenvalue weighted by Gasteiger charge is -2.10. The number of rotatable bonds is 4. The minimum Gasteiger partial charge on any atom is -0.466 e. The molecule has 0 unspecified atom stereocenters. The van der Waals surface area contributed by atoms with Crippen LogP contribution in [0.4, 0.5) is 5.69 Å². The lowest BCUT2D eigenvalue weighted by Crippen LogP contribution is -2.15. The maximum Gasteiger partial charge on any atom is 0.354 e. The van der Waals surface area contributed by atoms with Gasteiger partial charge in [0, 0.05) is 4.90 Å². The van der Waals surface area contributed by atoms with Gasteiger partial charge >= 0.3 is 11.9 Å². The van der Waals surface area contributed by atoms with Gasteiger partial charge in [0.1, 0.15) is 5.70 Å². The van der Waals surface area contributed by atoms with E-state index in [1.807, 2.05) is 0 Å². The number of benzene rings is 1. The van der Waals surface area contributed by atoms with Crippen molar-refractivity contribution in [2.75, 3.05) is 19.5 Å². The number of hydrogen-bond donors (Lipinski definition) is 2. The minimum atomic E-state index is -0.669. The van der Waals surface area contributed by atoms with Gasteiger partial charge in [0.25, 0.3) is 0 Å². The number of carbonyl (C=O) groups is 2. The first-order valence-electron chi connectivity index (χ1n) is 5.01. The van der Waals surface area contributed by atoms with E-state index in [9.17, 15) is 9.59 Å². The average Bonchev–Trinajstić information content (AvgIpc) is 2.39. The topological polar surface area (TPSA) is 64.6 Å². The Kier molecular flexibility index (Phi) is 5.26. The van der Waals surface area contributed by atoms with Crippen LogP contribution in [-0.2, 0) is 19.1 Å². The molecule has 18 heavy (non-hydrogen) atoms. The molecule has 0 saturated carbocycles. The Bertz CT molecular complexity index is 485. The normalized spacial score (nSPS) is 10.7. The molecule has 0 saturated heterocycles. The van der Waals surface area contributed by atoms with Crippen molar-refractivity contribution in [3.63, 3.8) is 0 Å². The Morgan fingerprint density at radius 1 is 1.22 bits per heavy atom. The third kappa shape index (κ3) is 3.81. The Morgan fingerprint density at radius 3 is 2.44 bits per heavy atom. The van der Waals surface area contributed by atoms with E-state index in [0.29, 0.717) is 10.6 Å². The predicted molar refractivity (Wildman–Crippen MR) is 69.4 cm³/mol. The zero-order valence-electron chi connectivity index (χ0n) is 9.97. The molecule has 1 aromatic carbocycles. The van der Waals surface area contributed by atoms with Gasteiger partial charge in [-0.25, -0.2) is 9.59 Å². The molecule has 0 atom stereocenters. The van der Waals surface area contributed by atoms with Gasteiger partial charge in [-0.15, -0.1) is 12.6 Å². The van der Waals surface area contributed by atoms with Gasteiger partial charge in [0.2, 0.25) is 0 Å². The van der Waals surface area contributed by atoms with Crippen LogP contribution in [0.25, 0.3) is 0 Å². The van der Waals surface area contributed by atoms with Crippen LogP contribution in [0.5, 0.6) is 0 Å². The van der Waals surface area contributed by atoms with Gasteiger partial charge in [-0.2, -0.15) is 0 Å². The fraction of sp³-hybridized carbons (Fsp3) is 0.167. The number of anilines is 1. The molecule has 1 rings (SSSR count). The Labute approximate surface area is 110 Å². The molecule has 0 heterocycles. The number of esters is 2. The molecular formula is C12H13NO4S. The molecule has 0 radical (unpaired) electrons. The van der Waals surface area contributed by atoms with Crippen LogP contribution in [0.15, 0.2) is 40.9 Å². The summed E-state index contributed by atoms with van der Waals surface area (Å²) in [4.78, 5) is 23.3. The van der Waals surface area contributed by atoms with E-state index in [1.54, 1.807) is 24.3 Å². The Morgan fingerprint density at radius 2 is 1.89 bits per heavy atom. The van der Waals surface area contributed by atoms with Gasteiger partial charge in [-0.05, 0) is 12.1 Å². The summed E-state index contributed by atoms with van der Waals surface area (Å²) in [5, 5.41) is 2.77. The fourth-order valence-corrected chi connectivity index (χ4v) is 1.37. The summed E-state index contributed by atoms with van der Waals surface area (Å²) in [6.07, 6.45) is 1.02. The molecule has 0 aliphatic rings. The summed E-state index contributed by atoms with van der Waals surface area (Å²) >= 11 is 4.23. The standard InChI is InChI=1S/C12H13NO4S/c1-16-11(14)7-9(12(15)17-2)13-8-5-3-4-6-10(8)18/h3-7,13,18H,1-2H3/b9-7+. The van der Waals surface area contributed by atoms with Gasteiger partial charge in [0.15, 0.2) is 0 Å². The van der Waals surface area contributed by atoms with Crippen LogP contribution in [0, 0.1) is 0 Å². The van der Waals surface area contributed by atoms with E-state index in [0.717, 1.165) is 6.08 Å². The van der Waals surface area contributed by atoms with Crippen molar-refractivity contribution in [2.24, 2.45) is 0 Å². The molecular weight excluding hydrogens is 254 g/mol. The van der Waals surface area contributed by atoms with E-state index in [-0.39, 0.29) is 5.70 Å². The Balaban J connectivity index is 3.00. The van der Waals surface area contributed by atoms with E-state index in [2.05, 4.69) is 27.4 Å². The second-order valence-electron chi connectivity index (χ2n) is 3.21. The highest BCUT2D eigenvalue weighted by atomic mass is 32.1. The van der Waals surface area contributed by atoms with Gasteiger partial charge in [-0.3, -0.25) is 0 Å². The van der Waals surface area contributed by atoms with Crippen molar-refractivity contribution in [3.8, 4) is 0 Å². The molecule has 0 aromatic heterocycles. The van der Waals surface area contributed by atoms with Crippen molar-refractivity contribution in [2.45, 2.75) is 4.90 Å². The molecule has 1 N–H and O–H groups in total. The first-order valence-corrected chi connectivity index (χ1v) is 5.46. The van der Waals surface area contributed by atoms with Crippen LogP contribution in [-0.4, -0.2) is 26.2 Å². The third-order valence-electron chi connectivity index (χ3n) is 2.04. The van der Waals surface area contributed by atoms with E-state index in [4.69, 9.17) is 0 Å². The van der Waals surface area contributed by atoms with E-state index < -0.39 is 11.9 Å². The number of ether oxygens (including phenoxy) is 2. The molecule has 6 heteroatoms. The molecule has 5 nitrogen and oxygen atoms in total. The second-order valence-corrected chi connectivity index (χ2v) is 3.70. The summed E-state index contributed by atoms with van der Waals surface area (Å²) in [5.41, 5.74) is 0.562. The molecule has 0 aliphatic heterocycles. The highest BCUT2D eigenvalue weighted by Crippen LogP contribution is 2.20. The summed E-state index contributed by atoms with van der Waals surface area (Å²) in [6, 6.07) is 7.04. The maximum absolute atomic E-state index is 11.5. The smallest absolute Gasteiger partial charge is 0.354 e. The fourth-order valence-electron chi connectivity index (χ4n) is 1.16. The predicted octanol–water partition coefficient (Wildman–Crippen LogP) is 1.62. The van der Waals surface area contributed by atoms with Crippen molar-refractivity contribution < 1.29 is 19.1 Å². The highest BCUT2D eigenvalue weighted by Gasteiger charge is 2.13. The molecule has 0 bridgehead atoms. The highest BCUT2D eigenvalue weighted by molar-refractivity contribution is 7.80. The number of para-hydroxylation sites is 1. The van der Waals surface area contributed by atoms with Gasteiger partial charge < -0.3 is 14.8 Å². The monoisotopic (exact) mass is 267 g/mol. The van der Waals surface area contributed by atoms with Crippen LogP contribution >= 0.6 is 12.6 Å². The van der Waals surface area contributed by atoms with E-state index in [1.165, 1.54) is 14.2 Å². The average molecular weight is 267 g/mol. The maximum atomic E-state index is 11.5. The molecule has 0 amide bonds. The quantitative estimate of drug-likeness (QED) is 0.493. The third-order valence-corrected chi connectivity index (χ3v) is 2.43. The minimum absolute atomic E-state index is 0.0224. The molecule has 1 aromatic rings. The first kappa shape index (κ1) is 14.1. The summed E-state index contributed by atoms with van der Waals surface area (Å²) in [7, 11) is 2.45. The van der Waals surface area contributed by atoms with Crippen LogP contribution in [0.3, 0.4) is 0 Å². The van der Waals surface area contributed by atoms with Crippen LogP contribution < -0.4 is 5.32 Å². The van der Waals surface area contributed by atoms with Crippen LogP contribution in [0.2, 0.25) is 0 Å². The number of nitrogens with one attached hydrogen (secondary N) is 1. The summed E-state index contributed by atoms with van der Waals surface area (Å²) in [6.45, 7) is 0. The van der Waals surface area contributed by atoms with Crippen molar-refractivity contribution in [3.05, 3.63) is 36.0 Å².